The third-order valence-corrected chi connectivity index (χ3v) is 2.33. The average molecular weight is 198 g/mol. The summed E-state index contributed by atoms with van der Waals surface area (Å²) in [6.07, 6.45) is 0. The third kappa shape index (κ3) is 2.79. The second-order valence-electron chi connectivity index (χ2n) is 2.44. The molecule has 1 aromatic carbocycles. The highest BCUT2D eigenvalue weighted by molar-refractivity contribution is 7.95. The molecule has 1 rings (SSSR count). The van der Waals surface area contributed by atoms with Crippen LogP contribution in [0.2, 0.25) is 0 Å². The molecule has 0 aliphatic carbocycles. The maximum Gasteiger partial charge on any atom is 0.254 e. The first-order chi connectivity index (χ1) is 6.03. The molecule has 0 saturated carbocycles. The van der Waals surface area contributed by atoms with Crippen LogP contribution in [0.5, 0.6) is 0 Å². The van der Waals surface area contributed by atoms with E-state index < -0.39 is 10.0 Å². The van der Waals surface area contributed by atoms with Crippen LogP contribution in [-0.2, 0) is 10.0 Å². The third-order valence-electron chi connectivity index (χ3n) is 1.37. The number of hydrogen-bond acceptors (Lipinski definition) is 3. The Hall–Kier alpha value is -1.49. The van der Waals surface area contributed by atoms with Gasteiger partial charge in [-0.3, -0.25) is 4.72 Å². The SMILES string of the molecule is C=CS(=O)(=O)Nc1cccc(N)c1. The fourth-order valence-corrected chi connectivity index (χ4v) is 1.35. The van der Waals surface area contributed by atoms with Crippen LogP contribution in [0.1, 0.15) is 0 Å². The van der Waals surface area contributed by atoms with Crippen LogP contribution in [0.15, 0.2) is 36.3 Å². The van der Waals surface area contributed by atoms with Gasteiger partial charge >= 0.3 is 0 Å². The summed E-state index contributed by atoms with van der Waals surface area (Å²) in [4.78, 5) is 0. The van der Waals surface area contributed by atoms with Crippen molar-refractivity contribution in [1.29, 1.82) is 0 Å². The Balaban J connectivity index is 2.93. The van der Waals surface area contributed by atoms with E-state index in [0.29, 0.717) is 11.4 Å². The fraction of sp³-hybridized carbons (Fsp3) is 0. The first-order valence-electron chi connectivity index (χ1n) is 3.54. The molecule has 0 unspecified atom stereocenters. The monoisotopic (exact) mass is 198 g/mol. The van der Waals surface area contributed by atoms with Gasteiger partial charge in [0, 0.05) is 11.1 Å². The van der Waals surface area contributed by atoms with Gasteiger partial charge in [0.25, 0.3) is 10.0 Å². The molecule has 70 valence electrons. The fourth-order valence-electron chi connectivity index (χ4n) is 0.808. The lowest BCUT2D eigenvalue weighted by Gasteiger charge is -2.03. The van der Waals surface area contributed by atoms with Crippen LogP contribution >= 0.6 is 0 Å². The Labute approximate surface area is 77.1 Å². The zero-order chi connectivity index (χ0) is 9.90. The predicted octanol–water partition coefficient (Wildman–Crippen LogP) is 1.15. The summed E-state index contributed by atoms with van der Waals surface area (Å²) in [5, 5.41) is 0.843. The largest absolute Gasteiger partial charge is 0.399 e. The molecule has 0 amide bonds. The zero-order valence-corrected chi connectivity index (χ0v) is 7.71. The summed E-state index contributed by atoms with van der Waals surface area (Å²) in [5.41, 5.74) is 6.39. The lowest BCUT2D eigenvalue weighted by molar-refractivity contribution is 0.609. The summed E-state index contributed by atoms with van der Waals surface area (Å²) in [6.45, 7) is 3.17. The van der Waals surface area contributed by atoms with Crippen molar-refractivity contribution in [3.8, 4) is 0 Å². The molecule has 4 nitrogen and oxygen atoms in total. The molecule has 0 heterocycles. The van der Waals surface area contributed by atoms with E-state index in [0.717, 1.165) is 5.41 Å². The van der Waals surface area contributed by atoms with E-state index in [1.54, 1.807) is 18.2 Å². The quantitative estimate of drug-likeness (QED) is 0.716. The highest BCUT2D eigenvalue weighted by atomic mass is 32.2. The molecule has 1 aromatic rings. The minimum absolute atomic E-state index is 0.430. The van der Waals surface area contributed by atoms with Crippen LogP contribution < -0.4 is 10.5 Å². The summed E-state index contributed by atoms with van der Waals surface area (Å²) in [7, 11) is -3.43. The van der Waals surface area contributed by atoms with E-state index in [9.17, 15) is 8.42 Å². The molecule has 0 atom stereocenters. The van der Waals surface area contributed by atoms with Crippen molar-refractivity contribution >= 4 is 21.4 Å². The molecule has 0 bridgehead atoms. The van der Waals surface area contributed by atoms with Gasteiger partial charge in [-0.25, -0.2) is 8.42 Å². The van der Waals surface area contributed by atoms with Gasteiger partial charge in [0.1, 0.15) is 0 Å². The van der Waals surface area contributed by atoms with Crippen LogP contribution in [-0.4, -0.2) is 8.42 Å². The molecular formula is C8H10N2O2S. The number of rotatable bonds is 3. The normalized spacial score (nSPS) is 10.8. The van der Waals surface area contributed by atoms with Crippen molar-refractivity contribution in [2.45, 2.75) is 0 Å². The summed E-state index contributed by atoms with van der Waals surface area (Å²) in [5.74, 6) is 0. The highest BCUT2D eigenvalue weighted by Crippen LogP contribution is 2.13. The molecule has 3 N–H and O–H groups in total. The van der Waals surface area contributed by atoms with Crippen molar-refractivity contribution in [2.24, 2.45) is 0 Å². The van der Waals surface area contributed by atoms with Crippen molar-refractivity contribution < 1.29 is 8.42 Å². The minimum Gasteiger partial charge on any atom is -0.399 e. The van der Waals surface area contributed by atoms with E-state index in [1.807, 2.05) is 0 Å². The highest BCUT2D eigenvalue weighted by Gasteiger charge is 2.03. The van der Waals surface area contributed by atoms with Gasteiger partial charge in [0.2, 0.25) is 0 Å². The Morgan fingerprint density at radius 1 is 1.46 bits per heavy atom. The standard InChI is InChI=1S/C8H10N2O2S/c1-2-13(11,12)10-8-5-3-4-7(9)6-8/h2-6,10H,1,9H2. The first kappa shape index (κ1) is 9.60. The van der Waals surface area contributed by atoms with Crippen LogP contribution in [0.3, 0.4) is 0 Å². The van der Waals surface area contributed by atoms with Gasteiger partial charge < -0.3 is 5.73 Å². The molecule has 0 aliphatic heterocycles. The van der Waals surface area contributed by atoms with E-state index in [1.165, 1.54) is 6.07 Å². The molecule has 5 heteroatoms. The maximum absolute atomic E-state index is 11.0. The number of nitrogens with two attached hydrogens (primary N) is 1. The molecule has 0 saturated heterocycles. The van der Waals surface area contributed by atoms with Crippen LogP contribution in [0, 0.1) is 0 Å². The van der Waals surface area contributed by atoms with E-state index in [-0.39, 0.29) is 0 Å². The van der Waals surface area contributed by atoms with E-state index in [2.05, 4.69) is 11.3 Å². The van der Waals surface area contributed by atoms with Gasteiger partial charge in [-0.1, -0.05) is 12.6 Å². The Morgan fingerprint density at radius 2 is 2.15 bits per heavy atom. The molecule has 0 radical (unpaired) electrons. The molecule has 0 aliphatic rings. The molecule has 0 aromatic heterocycles. The molecule has 0 spiro atoms. The van der Waals surface area contributed by atoms with Gasteiger partial charge in [-0.15, -0.1) is 0 Å². The van der Waals surface area contributed by atoms with Crippen molar-refractivity contribution in [3.63, 3.8) is 0 Å². The number of sulfonamides is 1. The number of hydrogen-bond donors (Lipinski definition) is 2. The summed E-state index contributed by atoms with van der Waals surface area (Å²) >= 11 is 0. The topological polar surface area (TPSA) is 72.2 Å². The number of benzene rings is 1. The molecule has 0 fully saturated rings. The number of nitrogen functional groups attached to an aromatic ring is 1. The van der Waals surface area contributed by atoms with Gasteiger partial charge in [0.15, 0.2) is 0 Å². The van der Waals surface area contributed by atoms with E-state index in [4.69, 9.17) is 5.73 Å². The summed E-state index contributed by atoms with van der Waals surface area (Å²) < 4.78 is 24.3. The number of anilines is 2. The van der Waals surface area contributed by atoms with Gasteiger partial charge in [-0.2, -0.15) is 0 Å². The van der Waals surface area contributed by atoms with Crippen LogP contribution in [0.25, 0.3) is 0 Å². The number of nitrogens with one attached hydrogen (secondary N) is 1. The average Bonchev–Trinajstić information content (AvgIpc) is 2.03. The lowest BCUT2D eigenvalue weighted by Crippen LogP contribution is -2.08. The Kier molecular flexibility index (Phi) is 2.57. The second kappa shape index (κ2) is 3.49. The maximum atomic E-state index is 11.0. The summed E-state index contributed by atoms with van der Waals surface area (Å²) in [6, 6.07) is 6.47. The van der Waals surface area contributed by atoms with Gasteiger partial charge in [-0.05, 0) is 18.2 Å². The lowest BCUT2D eigenvalue weighted by atomic mass is 10.3. The molecular weight excluding hydrogens is 188 g/mol. The smallest absolute Gasteiger partial charge is 0.254 e. The Morgan fingerprint density at radius 3 is 2.69 bits per heavy atom. The van der Waals surface area contributed by atoms with Crippen molar-refractivity contribution in [2.75, 3.05) is 10.5 Å². The second-order valence-corrected chi connectivity index (χ2v) is 4.07. The van der Waals surface area contributed by atoms with Gasteiger partial charge in [0.05, 0.1) is 5.69 Å². The first-order valence-corrected chi connectivity index (χ1v) is 5.09. The molecule has 13 heavy (non-hydrogen) atoms. The van der Waals surface area contributed by atoms with Crippen LogP contribution in [0.4, 0.5) is 11.4 Å². The predicted molar refractivity (Wildman–Crippen MR) is 53.6 cm³/mol. The van der Waals surface area contributed by atoms with E-state index >= 15 is 0 Å². The Bertz CT molecular complexity index is 412. The zero-order valence-electron chi connectivity index (χ0n) is 6.90. The van der Waals surface area contributed by atoms with Crippen molar-refractivity contribution in [3.05, 3.63) is 36.3 Å². The minimum atomic E-state index is -3.43. The van der Waals surface area contributed by atoms with Crippen molar-refractivity contribution in [1.82, 2.24) is 0 Å².